The Hall–Kier alpha value is -2.06. The van der Waals surface area contributed by atoms with Gasteiger partial charge in [0.2, 0.25) is 0 Å². The maximum atomic E-state index is 12.0. The SMILES string of the molecule is Cc1cc(N2CCOCC2)nc(SCc2ccc(C(=O)NC(C)C)o2)n1. The largest absolute Gasteiger partial charge is 0.455 e. The van der Waals surface area contributed by atoms with Crippen molar-refractivity contribution in [1.82, 2.24) is 15.3 Å². The van der Waals surface area contributed by atoms with Crippen molar-refractivity contribution in [3.8, 4) is 0 Å². The normalized spacial score (nSPS) is 14.7. The molecule has 1 aliphatic rings. The molecule has 1 aliphatic heterocycles. The third kappa shape index (κ3) is 4.98. The zero-order valence-corrected chi connectivity index (χ0v) is 16.1. The summed E-state index contributed by atoms with van der Waals surface area (Å²) >= 11 is 1.50. The number of thioether (sulfide) groups is 1. The van der Waals surface area contributed by atoms with Crippen molar-refractivity contribution in [2.75, 3.05) is 31.2 Å². The van der Waals surface area contributed by atoms with Crippen molar-refractivity contribution in [2.24, 2.45) is 0 Å². The number of nitrogens with one attached hydrogen (secondary N) is 1. The number of aromatic nitrogens is 2. The fourth-order valence-corrected chi connectivity index (χ4v) is 3.38. The molecule has 2 aromatic rings. The van der Waals surface area contributed by atoms with Gasteiger partial charge in [0.1, 0.15) is 11.6 Å². The number of ether oxygens (including phenoxy) is 1. The minimum Gasteiger partial charge on any atom is -0.455 e. The first-order chi connectivity index (χ1) is 12.5. The Bertz CT molecular complexity index is 757. The highest BCUT2D eigenvalue weighted by Crippen LogP contribution is 2.24. The van der Waals surface area contributed by atoms with Gasteiger partial charge >= 0.3 is 0 Å². The average Bonchev–Trinajstić information content (AvgIpc) is 3.09. The van der Waals surface area contributed by atoms with Crippen LogP contribution in [0, 0.1) is 6.92 Å². The molecule has 1 N–H and O–H groups in total. The van der Waals surface area contributed by atoms with E-state index in [2.05, 4.69) is 20.2 Å². The minimum atomic E-state index is -0.197. The molecule has 0 aliphatic carbocycles. The summed E-state index contributed by atoms with van der Waals surface area (Å²) in [7, 11) is 0. The van der Waals surface area contributed by atoms with Gasteiger partial charge in [-0.15, -0.1) is 0 Å². The van der Waals surface area contributed by atoms with Crippen LogP contribution in [0.1, 0.15) is 35.9 Å². The third-order valence-electron chi connectivity index (χ3n) is 3.80. The van der Waals surface area contributed by atoms with Crippen molar-refractivity contribution in [2.45, 2.75) is 37.7 Å². The topological polar surface area (TPSA) is 80.5 Å². The lowest BCUT2D eigenvalue weighted by Crippen LogP contribution is -2.36. The van der Waals surface area contributed by atoms with Gasteiger partial charge in [-0.05, 0) is 32.9 Å². The molecule has 1 saturated heterocycles. The van der Waals surface area contributed by atoms with Crippen LogP contribution < -0.4 is 10.2 Å². The second kappa shape index (κ2) is 8.55. The van der Waals surface area contributed by atoms with Gasteiger partial charge in [-0.1, -0.05) is 11.8 Å². The summed E-state index contributed by atoms with van der Waals surface area (Å²) in [5.41, 5.74) is 0.931. The molecule has 8 heteroatoms. The molecule has 1 fully saturated rings. The van der Waals surface area contributed by atoms with E-state index in [9.17, 15) is 4.79 Å². The first-order valence-corrected chi connectivity index (χ1v) is 9.70. The molecule has 7 nitrogen and oxygen atoms in total. The smallest absolute Gasteiger partial charge is 0.287 e. The van der Waals surface area contributed by atoms with Crippen LogP contribution in [0.15, 0.2) is 27.8 Å². The summed E-state index contributed by atoms with van der Waals surface area (Å²) in [6.07, 6.45) is 0. The molecule has 0 unspecified atom stereocenters. The number of furan rings is 1. The zero-order valence-electron chi connectivity index (χ0n) is 15.3. The van der Waals surface area contributed by atoms with Crippen LogP contribution in [0.3, 0.4) is 0 Å². The Kier molecular flexibility index (Phi) is 6.16. The van der Waals surface area contributed by atoms with Gasteiger partial charge in [-0.3, -0.25) is 4.79 Å². The maximum Gasteiger partial charge on any atom is 0.287 e. The van der Waals surface area contributed by atoms with E-state index in [1.165, 1.54) is 11.8 Å². The van der Waals surface area contributed by atoms with Gasteiger partial charge in [0, 0.05) is 30.9 Å². The monoisotopic (exact) mass is 376 g/mol. The molecule has 0 radical (unpaired) electrons. The summed E-state index contributed by atoms with van der Waals surface area (Å²) in [5, 5.41) is 3.52. The van der Waals surface area contributed by atoms with E-state index >= 15 is 0 Å². The summed E-state index contributed by atoms with van der Waals surface area (Å²) < 4.78 is 11.0. The van der Waals surface area contributed by atoms with Gasteiger partial charge in [0.05, 0.1) is 19.0 Å². The first-order valence-electron chi connectivity index (χ1n) is 8.72. The highest BCUT2D eigenvalue weighted by Gasteiger charge is 2.16. The number of aryl methyl sites for hydroxylation is 1. The number of rotatable bonds is 6. The van der Waals surface area contributed by atoms with Crippen LogP contribution in [0.5, 0.6) is 0 Å². The van der Waals surface area contributed by atoms with Crippen molar-refractivity contribution < 1.29 is 13.9 Å². The number of hydrogen-bond acceptors (Lipinski definition) is 7. The number of carbonyl (C=O) groups excluding carboxylic acids is 1. The van der Waals surface area contributed by atoms with Crippen LogP contribution in [0.25, 0.3) is 0 Å². The van der Waals surface area contributed by atoms with E-state index in [-0.39, 0.29) is 11.9 Å². The number of anilines is 1. The first kappa shape index (κ1) is 18.7. The summed E-state index contributed by atoms with van der Waals surface area (Å²) in [4.78, 5) is 23.3. The van der Waals surface area contributed by atoms with E-state index in [0.29, 0.717) is 16.7 Å². The molecule has 3 rings (SSSR count). The van der Waals surface area contributed by atoms with Crippen LogP contribution in [-0.2, 0) is 10.5 Å². The molecular weight excluding hydrogens is 352 g/mol. The van der Waals surface area contributed by atoms with E-state index < -0.39 is 0 Å². The fraction of sp³-hybridized carbons (Fsp3) is 0.500. The second-order valence-electron chi connectivity index (χ2n) is 6.43. The Labute approximate surface area is 157 Å². The van der Waals surface area contributed by atoms with Crippen LogP contribution >= 0.6 is 11.8 Å². The fourth-order valence-electron chi connectivity index (χ4n) is 2.59. The van der Waals surface area contributed by atoms with Crippen LogP contribution in [-0.4, -0.2) is 48.2 Å². The van der Waals surface area contributed by atoms with Gasteiger partial charge in [0.15, 0.2) is 10.9 Å². The predicted molar refractivity (Wildman–Crippen MR) is 101 cm³/mol. The second-order valence-corrected chi connectivity index (χ2v) is 7.37. The molecule has 1 amide bonds. The van der Waals surface area contributed by atoms with Crippen molar-refractivity contribution in [3.63, 3.8) is 0 Å². The van der Waals surface area contributed by atoms with E-state index in [1.807, 2.05) is 32.9 Å². The van der Waals surface area contributed by atoms with Gasteiger partial charge < -0.3 is 19.4 Å². The number of hydrogen-bond donors (Lipinski definition) is 1. The van der Waals surface area contributed by atoms with Crippen molar-refractivity contribution in [1.29, 1.82) is 0 Å². The molecule has 0 aromatic carbocycles. The van der Waals surface area contributed by atoms with E-state index in [0.717, 1.165) is 43.6 Å². The molecule has 140 valence electrons. The number of nitrogens with zero attached hydrogens (tertiary/aromatic N) is 3. The Morgan fingerprint density at radius 3 is 2.81 bits per heavy atom. The lowest BCUT2D eigenvalue weighted by atomic mass is 10.3. The summed E-state index contributed by atoms with van der Waals surface area (Å²) in [5.74, 6) is 2.36. The molecule has 0 saturated carbocycles. The molecule has 0 bridgehead atoms. The average molecular weight is 376 g/mol. The van der Waals surface area contributed by atoms with E-state index in [1.54, 1.807) is 6.07 Å². The third-order valence-corrected chi connectivity index (χ3v) is 4.67. The molecule has 26 heavy (non-hydrogen) atoms. The van der Waals surface area contributed by atoms with Crippen LogP contribution in [0.4, 0.5) is 5.82 Å². The lowest BCUT2D eigenvalue weighted by Gasteiger charge is -2.28. The van der Waals surface area contributed by atoms with Gasteiger partial charge in [-0.25, -0.2) is 9.97 Å². The highest BCUT2D eigenvalue weighted by atomic mass is 32.2. The van der Waals surface area contributed by atoms with E-state index in [4.69, 9.17) is 9.15 Å². The summed E-state index contributed by atoms with van der Waals surface area (Å²) in [6, 6.07) is 5.59. The number of amides is 1. The zero-order chi connectivity index (χ0) is 18.5. The standard InChI is InChI=1S/C18H24N4O3S/c1-12(2)19-17(23)15-5-4-14(25-15)11-26-18-20-13(3)10-16(21-18)22-6-8-24-9-7-22/h4-5,10,12H,6-9,11H2,1-3H3,(H,19,23). The molecule has 0 spiro atoms. The number of morpholine rings is 1. The molecular formula is C18H24N4O3S. The summed E-state index contributed by atoms with van der Waals surface area (Å²) in [6.45, 7) is 8.92. The number of carbonyl (C=O) groups is 1. The lowest BCUT2D eigenvalue weighted by molar-refractivity contribution is 0.0913. The van der Waals surface area contributed by atoms with Crippen molar-refractivity contribution >= 4 is 23.5 Å². The predicted octanol–water partition coefficient (Wildman–Crippen LogP) is 2.65. The maximum absolute atomic E-state index is 12.0. The van der Waals surface area contributed by atoms with Gasteiger partial charge in [-0.2, -0.15) is 0 Å². The Balaban J connectivity index is 1.63. The highest BCUT2D eigenvalue weighted by molar-refractivity contribution is 7.98. The quantitative estimate of drug-likeness (QED) is 0.613. The van der Waals surface area contributed by atoms with Gasteiger partial charge in [0.25, 0.3) is 5.91 Å². The molecule has 0 atom stereocenters. The Morgan fingerprint density at radius 1 is 1.31 bits per heavy atom. The van der Waals surface area contributed by atoms with Crippen molar-refractivity contribution in [3.05, 3.63) is 35.4 Å². The Morgan fingerprint density at radius 2 is 2.08 bits per heavy atom. The molecule has 2 aromatic heterocycles. The minimum absolute atomic E-state index is 0.0738. The molecule has 3 heterocycles. The van der Waals surface area contributed by atoms with Crippen LogP contribution in [0.2, 0.25) is 0 Å².